The van der Waals surface area contributed by atoms with Crippen LogP contribution in [0.2, 0.25) is 0 Å². The zero-order valence-corrected chi connectivity index (χ0v) is 20.0. The van der Waals surface area contributed by atoms with Crippen LogP contribution < -0.4 is 0 Å². The third kappa shape index (κ3) is 22.2. The second-order valence-electron chi connectivity index (χ2n) is 9.73. The quantitative estimate of drug-likeness (QED) is 0.164. The minimum absolute atomic E-state index is 0.866. The lowest BCUT2D eigenvalue weighted by atomic mass is 9.92. The number of unbranched alkanes of at least 4 members (excludes halogenated alkanes) is 19. The Labute approximate surface area is 174 Å². The molecule has 0 radical (unpaired) electrons. The van der Waals surface area contributed by atoms with E-state index >= 15 is 0 Å². The molecule has 1 unspecified atom stereocenters. The van der Waals surface area contributed by atoms with Crippen LogP contribution in [-0.2, 0) is 0 Å². The van der Waals surface area contributed by atoms with Gasteiger partial charge in [0.2, 0.25) is 0 Å². The maximum atomic E-state index is 2.42. The Morgan fingerprint density at radius 3 is 0.889 bits per heavy atom. The summed E-state index contributed by atoms with van der Waals surface area (Å²) < 4.78 is 0. The molecule has 0 nitrogen and oxygen atoms in total. The van der Waals surface area contributed by atoms with E-state index in [1.807, 2.05) is 0 Å². The molecular formula is C27H56. The van der Waals surface area contributed by atoms with E-state index in [0.29, 0.717) is 0 Å². The van der Waals surface area contributed by atoms with E-state index in [1.54, 1.807) is 0 Å². The van der Waals surface area contributed by atoms with Gasteiger partial charge in [-0.05, 0) is 11.8 Å². The zero-order valence-electron chi connectivity index (χ0n) is 20.0. The molecule has 0 N–H and O–H groups in total. The van der Waals surface area contributed by atoms with Crippen molar-refractivity contribution < 1.29 is 0 Å². The first-order valence-corrected chi connectivity index (χ1v) is 13.2. The van der Waals surface area contributed by atoms with Gasteiger partial charge in [0.05, 0.1) is 0 Å². The van der Waals surface area contributed by atoms with Crippen molar-refractivity contribution in [1.82, 2.24) is 0 Å². The summed E-state index contributed by atoms with van der Waals surface area (Å²) in [7, 11) is 0. The van der Waals surface area contributed by atoms with Crippen molar-refractivity contribution >= 4 is 0 Å². The molecule has 0 saturated heterocycles. The van der Waals surface area contributed by atoms with Crippen molar-refractivity contribution in [3.05, 3.63) is 0 Å². The number of hydrogen-bond donors (Lipinski definition) is 0. The monoisotopic (exact) mass is 380 g/mol. The summed E-state index contributed by atoms with van der Waals surface area (Å²) in [5.41, 5.74) is 0. The molecule has 0 heteroatoms. The predicted octanol–water partition coefficient (Wildman–Crippen LogP) is 10.5. The van der Waals surface area contributed by atoms with Gasteiger partial charge in [0, 0.05) is 0 Å². The lowest BCUT2D eigenvalue weighted by Gasteiger charge is -2.14. The molecule has 0 aliphatic carbocycles. The molecule has 1 atom stereocenters. The summed E-state index contributed by atoms with van der Waals surface area (Å²) in [5, 5.41) is 0. The van der Waals surface area contributed by atoms with Gasteiger partial charge < -0.3 is 0 Å². The minimum atomic E-state index is 0.866. The molecule has 164 valence electrons. The third-order valence-corrected chi connectivity index (χ3v) is 6.65. The Kier molecular flexibility index (Phi) is 22.3. The molecule has 0 fully saturated rings. The third-order valence-electron chi connectivity index (χ3n) is 6.65. The van der Waals surface area contributed by atoms with Crippen LogP contribution in [0.25, 0.3) is 0 Å². The summed E-state index contributed by atoms with van der Waals surface area (Å²) in [5.74, 6) is 1.78. The van der Waals surface area contributed by atoms with Gasteiger partial charge in [-0.2, -0.15) is 0 Å². The number of hydrogen-bond acceptors (Lipinski definition) is 0. The van der Waals surface area contributed by atoms with Crippen LogP contribution in [0.3, 0.4) is 0 Å². The molecule has 0 rings (SSSR count). The van der Waals surface area contributed by atoms with E-state index in [1.165, 1.54) is 135 Å². The van der Waals surface area contributed by atoms with Crippen LogP contribution in [-0.4, -0.2) is 0 Å². The summed E-state index contributed by atoms with van der Waals surface area (Å²) in [6.45, 7) is 9.44. The van der Waals surface area contributed by atoms with Crippen LogP contribution in [0.1, 0.15) is 163 Å². The average Bonchev–Trinajstić information content (AvgIpc) is 2.66. The Bertz CT molecular complexity index is 255. The van der Waals surface area contributed by atoms with Gasteiger partial charge >= 0.3 is 0 Å². The highest BCUT2D eigenvalue weighted by atomic mass is 14.1. The first kappa shape index (κ1) is 27.0. The fraction of sp³-hybridized carbons (Fsp3) is 1.00. The molecule has 27 heavy (non-hydrogen) atoms. The highest BCUT2D eigenvalue weighted by Crippen LogP contribution is 2.19. The van der Waals surface area contributed by atoms with Gasteiger partial charge in [0.1, 0.15) is 0 Å². The standard InChI is InChI=1S/C27H56/c1-5-6-7-8-9-10-11-12-13-14-15-16-17-18-19-20-21-22-23-24-25-27(4)26(2)3/h26-27H,5-25H2,1-4H3. The second kappa shape index (κ2) is 22.3. The lowest BCUT2D eigenvalue weighted by Crippen LogP contribution is -2.03. The van der Waals surface area contributed by atoms with Crippen LogP contribution in [0.5, 0.6) is 0 Å². The normalized spacial score (nSPS) is 12.8. The molecule has 0 aromatic heterocycles. The Hall–Kier alpha value is 0. The molecule has 0 saturated carbocycles. The van der Waals surface area contributed by atoms with Gasteiger partial charge in [0.15, 0.2) is 0 Å². The van der Waals surface area contributed by atoms with Crippen LogP contribution in [0.4, 0.5) is 0 Å². The van der Waals surface area contributed by atoms with E-state index < -0.39 is 0 Å². The first-order valence-electron chi connectivity index (χ1n) is 13.2. The van der Waals surface area contributed by atoms with E-state index in [2.05, 4.69) is 27.7 Å². The highest BCUT2D eigenvalue weighted by Gasteiger charge is 2.05. The summed E-state index contributed by atoms with van der Waals surface area (Å²) in [6, 6.07) is 0. The first-order chi connectivity index (χ1) is 13.2. The summed E-state index contributed by atoms with van der Waals surface area (Å²) >= 11 is 0. The largest absolute Gasteiger partial charge is 0.0654 e. The molecule has 0 amide bonds. The molecule has 0 aromatic carbocycles. The fourth-order valence-corrected chi connectivity index (χ4v) is 4.05. The van der Waals surface area contributed by atoms with Gasteiger partial charge in [0.25, 0.3) is 0 Å². The average molecular weight is 381 g/mol. The molecule has 0 heterocycles. The predicted molar refractivity (Wildman–Crippen MR) is 127 cm³/mol. The van der Waals surface area contributed by atoms with Crippen molar-refractivity contribution in [2.24, 2.45) is 11.8 Å². The Morgan fingerprint density at radius 2 is 0.630 bits per heavy atom. The Morgan fingerprint density at radius 1 is 0.370 bits per heavy atom. The van der Waals surface area contributed by atoms with E-state index in [-0.39, 0.29) is 0 Å². The molecule has 0 spiro atoms. The highest BCUT2D eigenvalue weighted by molar-refractivity contribution is 4.57. The molecule has 0 aliphatic rings. The second-order valence-corrected chi connectivity index (χ2v) is 9.73. The topological polar surface area (TPSA) is 0 Å². The minimum Gasteiger partial charge on any atom is -0.0654 e. The fourth-order valence-electron chi connectivity index (χ4n) is 4.05. The molecule has 0 aliphatic heterocycles. The maximum absolute atomic E-state index is 2.42. The van der Waals surface area contributed by atoms with E-state index in [0.717, 1.165) is 11.8 Å². The molecule has 0 aromatic rings. The van der Waals surface area contributed by atoms with Crippen LogP contribution in [0, 0.1) is 11.8 Å². The summed E-state index contributed by atoms with van der Waals surface area (Å²) in [6.07, 6.45) is 30.9. The van der Waals surface area contributed by atoms with Crippen molar-refractivity contribution in [1.29, 1.82) is 0 Å². The van der Waals surface area contributed by atoms with Crippen molar-refractivity contribution in [3.63, 3.8) is 0 Å². The van der Waals surface area contributed by atoms with Crippen molar-refractivity contribution in [3.8, 4) is 0 Å². The van der Waals surface area contributed by atoms with Gasteiger partial charge in [-0.15, -0.1) is 0 Å². The van der Waals surface area contributed by atoms with E-state index in [4.69, 9.17) is 0 Å². The van der Waals surface area contributed by atoms with E-state index in [9.17, 15) is 0 Å². The zero-order chi connectivity index (χ0) is 20.0. The number of rotatable bonds is 22. The van der Waals surface area contributed by atoms with Gasteiger partial charge in [-0.1, -0.05) is 163 Å². The van der Waals surface area contributed by atoms with Gasteiger partial charge in [-0.25, -0.2) is 0 Å². The van der Waals surface area contributed by atoms with Crippen LogP contribution >= 0.6 is 0 Å². The lowest BCUT2D eigenvalue weighted by molar-refractivity contribution is 0.374. The van der Waals surface area contributed by atoms with Crippen molar-refractivity contribution in [2.45, 2.75) is 163 Å². The van der Waals surface area contributed by atoms with Crippen LogP contribution in [0.15, 0.2) is 0 Å². The SMILES string of the molecule is CCCCCCCCCCCCCCCCCCCCCCC(C)C(C)C. The maximum Gasteiger partial charge on any atom is -0.0420 e. The summed E-state index contributed by atoms with van der Waals surface area (Å²) in [4.78, 5) is 0. The smallest absolute Gasteiger partial charge is 0.0420 e. The Balaban J connectivity index is 3.03. The van der Waals surface area contributed by atoms with Gasteiger partial charge in [-0.3, -0.25) is 0 Å². The molecular weight excluding hydrogens is 324 g/mol. The van der Waals surface area contributed by atoms with Crippen molar-refractivity contribution in [2.75, 3.05) is 0 Å². The molecule has 0 bridgehead atoms.